The summed E-state index contributed by atoms with van der Waals surface area (Å²) < 4.78 is 5.69. The number of allylic oxidation sites excluding steroid dienone is 2. The summed E-state index contributed by atoms with van der Waals surface area (Å²) in [7, 11) is 0. The van der Waals surface area contributed by atoms with Crippen LogP contribution in [0.5, 0.6) is 5.75 Å². The molecule has 174 valence electrons. The monoisotopic (exact) mass is 452 g/mol. The molecule has 3 nitrogen and oxygen atoms in total. The summed E-state index contributed by atoms with van der Waals surface area (Å²) in [6, 6.07) is 21.2. The molecule has 0 radical (unpaired) electrons. The zero-order valence-corrected chi connectivity index (χ0v) is 20.0. The Bertz CT molecular complexity index is 1310. The first kappa shape index (κ1) is 23.6. The second-order valence-corrected chi connectivity index (χ2v) is 9.30. The molecule has 3 heteroatoms. The highest BCUT2D eigenvalue weighted by Gasteiger charge is 2.12. The van der Waals surface area contributed by atoms with Crippen LogP contribution in [0.25, 0.3) is 12.2 Å². The largest absolute Gasteiger partial charge is 0.482 e. The zero-order chi connectivity index (χ0) is 23.9. The summed E-state index contributed by atoms with van der Waals surface area (Å²) in [5.74, 6) is 0.259. The first-order chi connectivity index (χ1) is 16.5. The van der Waals surface area contributed by atoms with Crippen molar-refractivity contribution in [3.63, 3.8) is 0 Å². The predicted octanol–water partition coefficient (Wildman–Crippen LogP) is 5.05. The lowest BCUT2D eigenvalue weighted by Gasteiger charge is -2.15. The van der Waals surface area contributed by atoms with E-state index in [0.717, 1.165) is 24.8 Å². The summed E-state index contributed by atoms with van der Waals surface area (Å²) in [4.78, 5) is 11.2. The molecule has 0 saturated carbocycles. The summed E-state index contributed by atoms with van der Waals surface area (Å²) in [6.45, 7) is 4.15. The highest BCUT2D eigenvalue weighted by atomic mass is 16.5. The molecule has 0 aromatic heterocycles. The molecule has 4 rings (SSSR count). The maximum Gasteiger partial charge on any atom is 0.341 e. The smallest absolute Gasteiger partial charge is 0.341 e. The predicted molar refractivity (Wildman–Crippen MR) is 139 cm³/mol. The number of aliphatic carboxylic acids is 1. The molecule has 1 aliphatic rings. The van der Waals surface area contributed by atoms with E-state index in [0.29, 0.717) is 18.1 Å². The van der Waals surface area contributed by atoms with E-state index in [2.05, 4.69) is 92.7 Å². The second-order valence-electron chi connectivity index (χ2n) is 9.30. The van der Waals surface area contributed by atoms with Crippen molar-refractivity contribution in [2.75, 3.05) is 6.61 Å². The molecule has 1 N–H and O–H groups in total. The van der Waals surface area contributed by atoms with Crippen molar-refractivity contribution in [3.8, 4) is 5.75 Å². The van der Waals surface area contributed by atoms with Crippen molar-refractivity contribution >= 4 is 18.1 Å². The van der Waals surface area contributed by atoms with Crippen molar-refractivity contribution in [2.45, 2.75) is 39.5 Å². The molecule has 0 atom stereocenters. The minimum Gasteiger partial charge on any atom is -0.482 e. The Morgan fingerprint density at radius 3 is 2.53 bits per heavy atom. The molecule has 0 fully saturated rings. The number of hydrogen-bond acceptors (Lipinski definition) is 2. The van der Waals surface area contributed by atoms with Crippen molar-refractivity contribution < 1.29 is 14.6 Å². The van der Waals surface area contributed by atoms with Crippen LogP contribution in [0.4, 0.5) is 0 Å². The topological polar surface area (TPSA) is 46.5 Å². The van der Waals surface area contributed by atoms with E-state index in [1.54, 1.807) is 0 Å². The zero-order valence-electron chi connectivity index (χ0n) is 20.0. The maximum atomic E-state index is 11.2. The van der Waals surface area contributed by atoms with Crippen LogP contribution in [0, 0.1) is 5.92 Å². The van der Waals surface area contributed by atoms with Gasteiger partial charge in [-0.05, 0) is 69.5 Å². The van der Waals surface area contributed by atoms with E-state index in [4.69, 9.17) is 9.84 Å². The Labute approximate surface area is 201 Å². The summed E-state index contributed by atoms with van der Waals surface area (Å²) >= 11 is 0. The first-order valence-corrected chi connectivity index (χ1v) is 12.0. The minimum absolute atomic E-state index is 0.347. The molecule has 0 unspecified atom stereocenters. The molecule has 0 amide bonds. The molecule has 3 aromatic rings. The number of benzene rings is 3. The molecule has 1 aliphatic carbocycles. The third-order valence-electron chi connectivity index (χ3n) is 6.10. The van der Waals surface area contributed by atoms with Crippen LogP contribution in [-0.4, -0.2) is 17.7 Å². The van der Waals surface area contributed by atoms with Crippen molar-refractivity contribution in [1.82, 2.24) is 0 Å². The number of carboxylic acid groups (broad SMARTS) is 1. The lowest BCUT2D eigenvalue weighted by atomic mass is 9.92. The number of carbonyl (C=O) groups is 1. The van der Waals surface area contributed by atoms with Gasteiger partial charge in [-0.3, -0.25) is 0 Å². The third kappa shape index (κ3) is 6.05. The van der Waals surface area contributed by atoms with Crippen LogP contribution < -0.4 is 15.2 Å². The van der Waals surface area contributed by atoms with Crippen LogP contribution in [0.1, 0.15) is 48.1 Å². The van der Waals surface area contributed by atoms with E-state index < -0.39 is 5.97 Å². The van der Waals surface area contributed by atoms with Gasteiger partial charge < -0.3 is 9.84 Å². The second kappa shape index (κ2) is 11.0. The first-order valence-electron chi connectivity index (χ1n) is 12.0. The highest BCUT2D eigenvalue weighted by Crippen LogP contribution is 2.25. The van der Waals surface area contributed by atoms with E-state index in [1.807, 2.05) is 6.07 Å². The summed E-state index contributed by atoms with van der Waals surface area (Å²) in [6.07, 6.45) is 12.1. The molecule has 3 aromatic carbocycles. The van der Waals surface area contributed by atoms with E-state index >= 15 is 0 Å². The van der Waals surface area contributed by atoms with Crippen LogP contribution in [0.2, 0.25) is 0 Å². The van der Waals surface area contributed by atoms with Crippen molar-refractivity contribution in [1.29, 1.82) is 0 Å². The average Bonchev–Trinajstić information content (AvgIpc) is 3.06. The third-order valence-corrected chi connectivity index (χ3v) is 6.10. The van der Waals surface area contributed by atoms with Gasteiger partial charge >= 0.3 is 5.97 Å². The van der Waals surface area contributed by atoms with E-state index in [1.165, 1.54) is 32.7 Å². The molecule has 0 spiro atoms. The van der Waals surface area contributed by atoms with Gasteiger partial charge in [0.2, 0.25) is 0 Å². The number of hydrogen-bond donors (Lipinski definition) is 1. The molecule has 0 bridgehead atoms. The van der Waals surface area contributed by atoms with Crippen LogP contribution in [-0.2, 0) is 24.1 Å². The van der Waals surface area contributed by atoms with Gasteiger partial charge in [0.05, 0.1) is 0 Å². The van der Waals surface area contributed by atoms with Gasteiger partial charge in [-0.1, -0.05) is 92.7 Å². The van der Waals surface area contributed by atoms with Gasteiger partial charge in [0.1, 0.15) is 5.75 Å². The number of ether oxygens (including phenoxy) is 1. The van der Waals surface area contributed by atoms with Gasteiger partial charge in [-0.25, -0.2) is 4.79 Å². The minimum atomic E-state index is -0.972. The van der Waals surface area contributed by atoms with Crippen molar-refractivity contribution in [3.05, 3.63) is 111 Å². The van der Waals surface area contributed by atoms with Gasteiger partial charge in [0.15, 0.2) is 6.61 Å². The fraction of sp³-hybridized carbons (Fsp3) is 0.258. The lowest BCUT2D eigenvalue weighted by molar-refractivity contribution is -0.139. The van der Waals surface area contributed by atoms with Crippen LogP contribution in [0.3, 0.4) is 0 Å². The molecule has 34 heavy (non-hydrogen) atoms. The molecule has 0 saturated heterocycles. The Morgan fingerprint density at radius 2 is 1.74 bits per heavy atom. The Balaban J connectivity index is 1.70. The quantitative estimate of drug-likeness (QED) is 0.494. The summed E-state index contributed by atoms with van der Waals surface area (Å²) in [5.41, 5.74) is 6.16. The molecular formula is C31H32O3. The molecular weight excluding hydrogens is 420 g/mol. The molecule has 0 aliphatic heterocycles. The number of carboxylic acids is 1. The number of fused-ring (bicyclic) bond motifs is 1. The van der Waals surface area contributed by atoms with Crippen molar-refractivity contribution in [2.24, 2.45) is 5.92 Å². The number of rotatable bonds is 9. The normalized spacial score (nSPS) is 12.4. The molecule has 0 heterocycles. The van der Waals surface area contributed by atoms with Gasteiger partial charge in [0.25, 0.3) is 0 Å². The lowest BCUT2D eigenvalue weighted by Crippen LogP contribution is -2.28. The van der Waals surface area contributed by atoms with Gasteiger partial charge in [-0.15, -0.1) is 0 Å². The van der Waals surface area contributed by atoms with Gasteiger partial charge in [-0.2, -0.15) is 0 Å². The Hall–Kier alpha value is -3.59. The van der Waals surface area contributed by atoms with E-state index in [-0.39, 0.29) is 6.61 Å². The Morgan fingerprint density at radius 1 is 0.941 bits per heavy atom. The fourth-order valence-electron chi connectivity index (χ4n) is 4.57. The summed E-state index contributed by atoms with van der Waals surface area (Å²) in [5, 5.41) is 11.6. The highest BCUT2D eigenvalue weighted by molar-refractivity contribution is 5.68. The van der Waals surface area contributed by atoms with Gasteiger partial charge in [0, 0.05) is 6.42 Å². The van der Waals surface area contributed by atoms with E-state index in [9.17, 15) is 4.79 Å². The maximum absolute atomic E-state index is 11.2. The standard InChI is InChI=1S/C31H32O3/c1-22(2)17-25-10-6-7-11-26(25)18-23-15-16-30(34-21-31(32)33)28(19-23)20-27-13-8-12-24-9-4-3-5-14-29(24)27/h3-4,6-16,19,22H,5,17-18,20-21H2,1-2H3,(H,32,33). The van der Waals surface area contributed by atoms with Crippen LogP contribution >= 0.6 is 0 Å². The Kier molecular flexibility index (Phi) is 7.64. The van der Waals surface area contributed by atoms with Crippen LogP contribution in [0.15, 0.2) is 72.8 Å². The average molecular weight is 453 g/mol. The SMILES string of the molecule is CC(C)Cc1ccccc1Cc1ccc(OCC(=O)O)c(Cc2cccc3c2=CCC=CC=3)c1. The fourth-order valence-corrected chi connectivity index (χ4v) is 4.57.